The van der Waals surface area contributed by atoms with E-state index >= 15 is 0 Å². The smallest absolute Gasteiger partial charge is 0.155 e. The molecule has 1 aliphatic rings. The monoisotopic (exact) mass is 406 g/mol. The predicted molar refractivity (Wildman–Crippen MR) is 122 cm³/mol. The molecular formula is C25H42O2S. The Morgan fingerprint density at radius 3 is 1.93 bits per heavy atom. The maximum Gasteiger partial charge on any atom is 0.155 e. The standard InChI is InChI=1S/C25H42O2S/c1-20-17-21(2)19-24(18-20)23-14-12-22(13-15-23)11-9-7-6-8-10-16-28(26,27)25(3,4)5/h12-15,20-21,24H,6-11,16-19H2,1-5H3. The van der Waals surface area contributed by atoms with Gasteiger partial charge < -0.3 is 0 Å². The molecule has 1 fully saturated rings. The third-order valence-corrected chi connectivity index (χ3v) is 9.13. The fraction of sp³-hybridized carbons (Fsp3) is 0.760. The van der Waals surface area contributed by atoms with Crippen molar-refractivity contribution in [3.63, 3.8) is 0 Å². The Bertz CT molecular complexity index is 672. The van der Waals surface area contributed by atoms with Gasteiger partial charge in [0.05, 0.1) is 10.5 Å². The van der Waals surface area contributed by atoms with Crippen LogP contribution < -0.4 is 0 Å². The maximum absolute atomic E-state index is 12.1. The molecule has 0 bridgehead atoms. The van der Waals surface area contributed by atoms with Crippen LogP contribution in [0.15, 0.2) is 24.3 Å². The number of hydrogen-bond acceptors (Lipinski definition) is 2. The molecule has 0 heterocycles. The normalized spacial score (nSPS) is 23.7. The molecule has 3 heteroatoms. The number of rotatable bonds is 9. The first-order chi connectivity index (χ1) is 13.1. The van der Waals surface area contributed by atoms with Crippen LogP contribution in [-0.4, -0.2) is 18.9 Å². The van der Waals surface area contributed by atoms with E-state index in [1.807, 2.05) is 0 Å². The van der Waals surface area contributed by atoms with Gasteiger partial charge in [-0.3, -0.25) is 0 Å². The van der Waals surface area contributed by atoms with Gasteiger partial charge in [-0.15, -0.1) is 0 Å². The predicted octanol–water partition coefficient (Wildman–Crippen LogP) is 6.93. The van der Waals surface area contributed by atoms with Crippen LogP contribution in [0, 0.1) is 11.8 Å². The van der Waals surface area contributed by atoms with Crippen molar-refractivity contribution in [2.45, 2.75) is 103 Å². The van der Waals surface area contributed by atoms with Gasteiger partial charge in [0.1, 0.15) is 0 Å². The molecule has 0 N–H and O–H groups in total. The summed E-state index contributed by atoms with van der Waals surface area (Å²) >= 11 is 0. The Morgan fingerprint density at radius 2 is 1.36 bits per heavy atom. The fourth-order valence-corrected chi connectivity index (χ4v) is 5.83. The summed E-state index contributed by atoms with van der Waals surface area (Å²) in [4.78, 5) is 0. The number of hydrogen-bond donors (Lipinski definition) is 0. The van der Waals surface area contributed by atoms with Crippen molar-refractivity contribution >= 4 is 9.84 Å². The number of sulfone groups is 1. The van der Waals surface area contributed by atoms with Gasteiger partial charge in [-0.25, -0.2) is 8.42 Å². The molecule has 2 rings (SSSR count). The van der Waals surface area contributed by atoms with Gasteiger partial charge in [0.25, 0.3) is 0 Å². The second-order valence-corrected chi connectivity index (χ2v) is 13.2. The molecule has 2 nitrogen and oxygen atoms in total. The molecule has 160 valence electrons. The minimum atomic E-state index is -2.95. The lowest BCUT2D eigenvalue weighted by molar-refractivity contribution is 0.268. The number of unbranched alkanes of at least 4 members (excludes halogenated alkanes) is 4. The summed E-state index contributed by atoms with van der Waals surface area (Å²) in [6.07, 6.45) is 10.5. The second-order valence-electron chi connectivity index (χ2n) is 10.3. The van der Waals surface area contributed by atoms with Gasteiger partial charge >= 0.3 is 0 Å². The average Bonchev–Trinajstić information content (AvgIpc) is 2.59. The first kappa shape index (κ1) is 23.4. The third kappa shape index (κ3) is 7.21. The summed E-state index contributed by atoms with van der Waals surface area (Å²) in [6, 6.07) is 9.38. The molecule has 0 aliphatic heterocycles. The molecule has 1 aromatic carbocycles. The highest BCUT2D eigenvalue weighted by molar-refractivity contribution is 7.92. The zero-order chi connectivity index (χ0) is 20.8. The van der Waals surface area contributed by atoms with Gasteiger partial charge in [-0.05, 0) is 88.2 Å². The molecule has 1 aromatic rings. The summed E-state index contributed by atoms with van der Waals surface area (Å²) < 4.78 is 23.6. The van der Waals surface area contributed by atoms with Crippen LogP contribution in [0.2, 0.25) is 0 Å². The largest absolute Gasteiger partial charge is 0.228 e. The first-order valence-corrected chi connectivity index (χ1v) is 13.0. The summed E-state index contributed by atoms with van der Waals surface area (Å²) in [5.74, 6) is 2.78. The van der Waals surface area contributed by atoms with Gasteiger partial charge in [-0.2, -0.15) is 0 Å². The van der Waals surface area contributed by atoms with Crippen molar-refractivity contribution in [1.29, 1.82) is 0 Å². The number of benzene rings is 1. The van der Waals surface area contributed by atoms with Crippen molar-refractivity contribution < 1.29 is 8.42 Å². The SMILES string of the molecule is CC1CC(C)CC(c2ccc(CCCCCCCS(=O)(=O)C(C)(C)C)cc2)C1. The van der Waals surface area contributed by atoms with Crippen LogP contribution in [-0.2, 0) is 16.3 Å². The van der Waals surface area contributed by atoms with Crippen molar-refractivity contribution in [3.05, 3.63) is 35.4 Å². The zero-order valence-corrected chi connectivity index (χ0v) is 19.7. The van der Waals surface area contributed by atoms with E-state index in [9.17, 15) is 8.42 Å². The Kier molecular flexibility index (Phi) is 8.60. The molecule has 2 atom stereocenters. The molecule has 0 spiro atoms. The summed E-state index contributed by atoms with van der Waals surface area (Å²) in [5.41, 5.74) is 2.97. The van der Waals surface area contributed by atoms with Crippen LogP contribution in [0.25, 0.3) is 0 Å². The molecule has 1 saturated carbocycles. The zero-order valence-electron chi connectivity index (χ0n) is 18.8. The van der Waals surface area contributed by atoms with E-state index < -0.39 is 14.6 Å². The van der Waals surface area contributed by atoms with E-state index in [0.29, 0.717) is 5.75 Å². The van der Waals surface area contributed by atoms with Crippen molar-refractivity contribution in [1.82, 2.24) is 0 Å². The Labute approximate surface area is 174 Å². The molecule has 0 amide bonds. The van der Waals surface area contributed by atoms with Crippen LogP contribution in [0.5, 0.6) is 0 Å². The van der Waals surface area contributed by atoms with Crippen LogP contribution in [0.4, 0.5) is 0 Å². The average molecular weight is 407 g/mol. The summed E-state index contributed by atoms with van der Waals surface area (Å²) in [5, 5.41) is 0. The Morgan fingerprint density at radius 1 is 0.821 bits per heavy atom. The molecule has 0 saturated heterocycles. The van der Waals surface area contributed by atoms with E-state index in [-0.39, 0.29) is 0 Å². The van der Waals surface area contributed by atoms with E-state index in [1.54, 1.807) is 20.8 Å². The van der Waals surface area contributed by atoms with Crippen LogP contribution in [0.1, 0.15) is 103 Å². The van der Waals surface area contributed by atoms with E-state index in [2.05, 4.69) is 38.1 Å². The van der Waals surface area contributed by atoms with E-state index in [0.717, 1.165) is 43.4 Å². The summed E-state index contributed by atoms with van der Waals surface area (Å²) in [7, 11) is -2.95. The quantitative estimate of drug-likeness (QED) is 0.416. The van der Waals surface area contributed by atoms with Gasteiger partial charge in [0.15, 0.2) is 9.84 Å². The van der Waals surface area contributed by atoms with Gasteiger partial charge in [0.2, 0.25) is 0 Å². The fourth-order valence-electron chi connectivity index (χ4n) is 4.63. The van der Waals surface area contributed by atoms with Gasteiger partial charge in [0, 0.05) is 0 Å². The molecule has 28 heavy (non-hydrogen) atoms. The summed E-state index contributed by atoms with van der Waals surface area (Å²) in [6.45, 7) is 10.2. The molecule has 1 aliphatic carbocycles. The maximum atomic E-state index is 12.1. The van der Waals surface area contributed by atoms with Gasteiger partial charge in [-0.1, -0.05) is 57.4 Å². The molecular weight excluding hydrogens is 364 g/mol. The van der Waals surface area contributed by atoms with E-state index in [4.69, 9.17) is 0 Å². The molecule has 0 radical (unpaired) electrons. The van der Waals surface area contributed by atoms with Crippen molar-refractivity contribution in [3.8, 4) is 0 Å². The minimum Gasteiger partial charge on any atom is -0.228 e. The van der Waals surface area contributed by atoms with Crippen molar-refractivity contribution in [2.75, 3.05) is 5.75 Å². The number of aryl methyl sites for hydroxylation is 1. The minimum absolute atomic E-state index is 0.330. The lowest BCUT2D eigenvalue weighted by atomic mass is 9.74. The molecule has 2 unspecified atom stereocenters. The highest BCUT2D eigenvalue weighted by Crippen LogP contribution is 2.39. The molecule has 0 aromatic heterocycles. The lowest BCUT2D eigenvalue weighted by Crippen LogP contribution is -2.30. The van der Waals surface area contributed by atoms with Crippen LogP contribution in [0.3, 0.4) is 0 Å². The Balaban J connectivity index is 1.65. The second kappa shape index (κ2) is 10.3. The van der Waals surface area contributed by atoms with Crippen molar-refractivity contribution in [2.24, 2.45) is 11.8 Å². The Hall–Kier alpha value is -0.830. The van der Waals surface area contributed by atoms with E-state index in [1.165, 1.54) is 43.2 Å². The van der Waals surface area contributed by atoms with Crippen LogP contribution >= 0.6 is 0 Å². The lowest BCUT2D eigenvalue weighted by Gasteiger charge is -2.31. The first-order valence-electron chi connectivity index (χ1n) is 11.4. The third-order valence-electron chi connectivity index (χ3n) is 6.44. The topological polar surface area (TPSA) is 34.1 Å². The highest BCUT2D eigenvalue weighted by atomic mass is 32.2. The highest BCUT2D eigenvalue weighted by Gasteiger charge is 2.28.